The number of hydrogen-bond acceptors (Lipinski definition) is 6. The first-order chi connectivity index (χ1) is 20.9. The van der Waals surface area contributed by atoms with E-state index in [0.717, 1.165) is 24.2 Å². The van der Waals surface area contributed by atoms with Crippen molar-refractivity contribution in [3.8, 4) is 0 Å². The highest BCUT2D eigenvalue weighted by Gasteiger charge is 2.22. The van der Waals surface area contributed by atoms with Crippen LogP contribution in [0.25, 0.3) is 10.9 Å². The molecule has 1 fully saturated rings. The summed E-state index contributed by atoms with van der Waals surface area (Å²) in [7, 11) is 1.75. The summed E-state index contributed by atoms with van der Waals surface area (Å²) >= 11 is 1.49. The largest absolute Gasteiger partial charge is 0.368 e. The third-order valence-corrected chi connectivity index (χ3v) is 9.04. The molecule has 0 atom stereocenters. The molecule has 216 valence electrons. The molecule has 0 radical (unpaired) electrons. The van der Waals surface area contributed by atoms with Gasteiger partial charge >= 0.3 is 0 Å². The summed E-state index contributed by atoms with van der Waals surface area (Å²) in [6.45, 7) is 4.82. The molecule has 0 bridgehead atoms. The number of aryl methyl sites for hydroxylation is 1. The maximum Gasteiger partial charge on any atom is 0.262 e. The van der Waals surface area contributed by atoms with E-state index in [1.807, 2.05) is 72.5 Å². The standard InChI is InChI=1S/C35H32N4O3S/c1-24-7-6-10-30-31(24)34(42)37(2)35(36-30)43-23-25-11-13-26(14-12-25)32(40)27-15-17-28(18-16-27)33(41)39-21-19-38(20-22-39)29-8-4-3-5-9-29/h3-18H,19-23H2,1-2H3. The van der Waals surface area contributed by atoms with Crippen molar-refractivity contribution in [3.63, 3.8) is 0 Å². The summed E-state index contributed by atoms with van der Waals surface area (Å²) in [5.41, 5.74) is 5.47. The number of rotatable bonds is 7. The van der Waals surface area contributed by atoms with Crippen molar-refractivity contribution in [1.29, 1.82) is 0 Å². The minimum absolute atomic E-state index is 0.0119. The molecule has 1 aliphatic rings. The molecule has 0 saturated carbocycles. The second-order valence-corrected chi connectivity index (χ2v) is 11.7. The number of carbonyl (C=O) groups excluding carboxylic acids is 2. The normalized spacial score (nSPS) is 13.3. The molecule has 0 N–H and O–H groups in total. The smallest absolute Gasteiger partial charge is 0.262 e. The summed E-state index contributed by atoms with van der Waals surface area (Å²) < 4.78 is 1.59. The number of nitrogens with zero attached hydrogens (tertiary/aromatic N) is 4. The molecule has 5 aromatic rings. The molecule has 1 aliphatic heterocycles. The first-order valence-electron chi connectivity index (χ1n) is 14.3. The Labute approximate surface area is 254 Å². The van der Waals surface area contributed by atoms with E-state index in [2.05, 4.69) is 17.0 Å². The zero-order valence-electron chi connectivity index (χ0n) is 24.2. The van der Waals surface area contributed by atoms with E-state index in [9.17, 15) is 14.4 Å². The van der Waals surface area contributed by atoms with E-state index in [4.69, 9.17) is 4.98 Å². The summed E-state index contributed by atoms with van der Waals surface area (Å²) in [4.78, 5) is 48.0. The van der Waals surface area contributed by atoms with Gasteiger partial charge in [0.1, 0.15) is 0 Å². The highest BCUT2D eigenvalue weighted by molar-refractivity contribution is 7.98. The van der Waals surface area contributed by atoms with Gasteiger partial charge in [0.15, 0.2) is 10.9 Å². The molecule has 6 rings (SSSR count). The Kier molecular flexibility index (Phi) is 8.11. The summed E-state index contributed by atoms with van der Waals surface area (Å²) in [5.74, 6) is 0.508. The van der Waals surface area contributed by atoms with E-state index in [1.165, 1.54) is 17.4 Å². The molecule has 4 aromatic carbocycles. The highest BCUT2D eigenvalue weighted by Crippen LogP contribution is 2.24. The SMILES string of the molecule is Cc1cccc2nc(SCc3ccc(C(=O)c4ccc(C(=O)N5CCN(c6ccccc6)CC5)cc4)cc3)n(C)c(=O)c12. The average molecular weight is 589 g/mol. The second-order valence-electron chi connectivity index (χ2n) is 10.7. The number of fused-ring (bicyclic) bond motifs is 1. The number of amides is 1. The van der Waals surface area contributed by atoms with Crippen LogP contribution in [0.15, 0.2) is 107 Å². The lowest BCUT2D eigenvalue weighted by molar-refractivity contribution is 0.0746. The van der Waals surface area contributed by atoms with Gasteiger partial charge in [-0.2, -0.15) is 0 Å². The summed E-state index contributed by atoms with van der Waals surface area (Å²) in [6, 6.07) is 30.4. The van der Waals surface area contributed by atoms with Crippen LogP contribution < -0.4 is 10.5 Å². The number of ketones is 1. The number of benzene rings is 4. The molecular weight excluding hydrogens is 556 g/mol. The zero-order valence-corrected chi connectivity index (χ0v) is 25.0. The highest BCUT2D eigenvalue weighted by atomic mass is 32.2. The van der Waals surface area contributed by atoms with E-state index in [-0.39, 0.29) is 17.2 Å². The van der Waals surface area contributed by atoms with Gasteiger partial charge in [0.05, 0.1) is 10.9 Å². The van der Waals surface area contributed by atoms with Gasteiger partial charge in [-0.25, -0.2) is 4.98 Å². The Morgan fingerprint density at radius 3 is 2.07 bits per heavy atom. The topological polar surface area (TPSA) is 75.5 Å². The van der Waals surface area contributed by atoms with Crippen LogP contribution in [0, 0.1) is 6.92 Å². The minimum Gasteiger partial charge on any atom is -0.368 e. The molecule has 0 unspecified atom stereocenters. The molecule has 1 aromatic heterocycles. The van der Waals surface area contributed by atoms with Crippen LogP contribution in [0.4, 0.5) is 5.69 Å². The monoisotopic (exact) mass is 588 g/mol. The molecule has 0 spiro atoms. The Bertz CT molecular complexity index is 1840. The maximum absolute atomic E-state index is 13.2. The van der Waals surface area contributed by atoms with Crippen LogP contribution in [0.3, 0.4) is 0 Å². The maximum atomic E-state index is 13.2. The molecular formula is C35H32N4O3S. The molecule has 2 heterocycles. The van der Waals surface area contributed by atoms with Gasteiger partial charge in [-0.15, -0.1) is 0 Å². The van der Waals surface area contributed by atoms with Crippen molar-refractivity contribution in [2.24, 2.45) is 7.05 Å². The zero-order chi connectivity index (χ0) is 29.9. The average Bonchev–Trinajstić information content (AvgIpc) is 3.06. The fraction of sp³-hybridized carbons (Fsp3) is 0.200. The fourth-order valence-corrected chi connectivity index (χ4v) is 6.33. The third kappa shape index (κ3) is 5.96. The van der Waals surface area contributed by atoms with Gasteiger partial charge in [-0.05, 0) is 48.4 Å². The van der Waals surface area contributed by atoms with Crippen LogP contribution >= 0.6 is 11.8 Å². The van der Waals surface area contributed by atoms with Crippen LogP contribution in [-0.4, -0.2) is 52.3 Å². The van der Waals surface area contributed by atoms with Crippen molar-refractivity contribution in [2.75, 3.05) is 31.1 Å². The van der Waals surface area contributed by atoms with E-state index in [1.54, 1.807) is 35.9 Å². The number of carbonyl (C=O) groups is 2. The molecule has 43 heavy (non-hydrogen) atoms. The van der Waals surface area contributed by atoms with E-state index < -0.39 is 0 Å². The lowest BCUT2D eigenvalue weighted by Gasteiger charge is -2.36. The Morgan fingerprint density at radius 1 is 0.767 bits per heavy atom. The van der Waals surface area contributed by atoms with Gasteiger partial charge < -0.3 is 9.80 Å². The summed E-state index contributed by atoms with van der Waals surface area (Å²) in [6.07, 6.45) is 0. The first kappa shape index (κ1) is 28.4. The molecule has 8 heteroatoms. The quantitative estimate of drug-likeness (QED) is 0.137. The summed E-state index contributed by atoms with van der Waals surface area (Å²) in [5, 5.41) is 1.30. The van der Waals surface area contributed by atoms with Crippen LogP contribution in [0.2, 0.25) is 0 Å². The third-order valence-electron chi connectivity index (χ3n) is 7.94. The van der Waals surface area contributed by atoms with Gasteiger partial charge in [-0.3, -0.25) is 19.0 Å². The van der Waals surface area contributed by atoms with E-state index >= 15 is 0 Å². The predicted molar refractivity (Wildman–Crippen MR) is 172 cm³/mol. The molecule has 1 amide bonds. The van der Waals surface area contributed by atoms with Crippen LogP contribution in [0.1, 0.15) is 37.4 Å². The van der Waals surface area contributed by atoms with Crippen molar-refractivity contribution >= 4 is 40.0 Å². The number of para-hydroxylation sites is 1. The second kappa shape index (κ2) is 12.3. The lowest BCUT2D eigenvalue weighted by Crippen LogP contribution is -2.48. The number of anilines is 1. The number of hydrogen-bond donors (Lipinski definition) is 0. The van der Waals surface area contributed by atoms with Crippen molar-refractivity contribution in [2.45, 2.75) is 17.8 Å². The van der Waals surface area contributed by atoms with Crippen molar-refractivity contribution in [3.05, 3.63) is 135 Å². The number of piperazine rings is 1. The fourth-order valence-electron chi connectivity index (χ4n) is 5.41. The molecule has 7 nitrogen and oxygen atoms in total. The van der Waals surface area contributed by atoms with Crippen molar-refractivity contribution < 1.29 is 9.59 Å². The van der Waals surface area contributed by atoms with Crippen molar-refractivity contribution in [1.82, 2.24) is 14.5 Å². The van der Waals surface area contributed by atoms with Gasteiger partial charge in [-0.1, -0.05) is 78.5 Å². The number of aromatic nitrogens is 2. The van der Waals surface area contributed by atoms with Gasteiger partial charge in [0.25, 0.3) is 11.5 Å². The number of thioether (sulfide) groups is 1. The lowest BCUT2D eigenvalue weighted by atomic mass is 10.0. The van der Waals surface area contributed by atoms with Crippen LogP contribution in [0.5, 0.6) is 0 Å². The minimum atomic E-state index is -0.0939. The Hall–Kier alpha value is -4.69. The van der Waals surface area contributed by atoms with Gasteiger partial charge in [0.2, 0.25) is 0 Å². The Morgan fingerprint density at radius 2 is 1.40 bits per heavy atom. The molecule has 1 saturated heterocycles. The first-order valence-corrected chi connectivity index (χ1v) is 15.3. The van der Waals surface area contributed by atoms with E-state index in [0.29, 0.717) is 51.6 Å². The molecule has 0 aliphatic carbocycles. The van der Waals surface area contributed by atoms with Crippen LogP contribution in [-0.2, 0) is 12.8 Å². The van der Waals surface area contributed by atoms with Gasteiger partial charge in [0, 0.05) is 61.4 Å². The Balaban J connectivity index is 1.06. The predicted octanol–water partition coefficient (Wildman–Crippen LogP) is 5.73.